The molecule has 1 heterocycles. The van der Waals surface area contributed by atoms with Crippen LogP contribution in [0.2, 0.25) is 0 Å². The molecule has 0 aliphatic rings. The van der Waals surface area contributed by atoms with Crippen molar-refractivity contribution >= 4 is 11.7 Å². The van der Waals surface area contributed by atoms with E-state index < -0.39 is 23.4 Å². The van der Waals surface area contributed by atoms with E-state index in [0.717, 1.165) is 12.1 Å². The molecule has 0 aliphatic heterocycles. The normalized spacial score (nSPS) is 11.5. The van der Waals surface area contributed by atoms with Crippen molar-refractivity contribution in [1.82, 2.24) is 9.78 Å². The van der Waals surface area contributed by atoms with Gasteiger partial charge in [0.05, 0.1) is 11.4 Å². The van der Waals surface area contributed by atoms with E-state index in [-0.39, 0.29) is 11.0 Å². The Labute approximate surface area is 154 Å². The number of halogens is 3. The summed E-state index contributed by atoms with van der Waals surface area (Å²) in [6.07, 6.45) is 0. The van der Waals surface area contributed by atoms with Gasteiger partial charge in [-0.3, -0.25) is 4.79 Å². The van der Waals surface area contributed by atoms with Crippen molar-refractivity contribution < 1.29 is 18.0 Å². The van der Waals surface area contributed by atoms with Crippen LogP contribution in [0.3, 0.4) is 0 Å². The Balaban J connectivity index is 2.01. The van der Waals surface area contributed by atoms with Crippen molar-refractivity contribution in [3.63, 3.8) is 0 Å². The van der Waals surface area contributed by atoms with E-state index in [2.05, 4.69) is 10.4 Å². The van der Waals surface area contributed by atoms with Gasteiger partial charge in [-0.05, 0) is 36.4 Å². The Morgan fingerprint density at radius 1 is 1.00 bits per heavy atom. The number of anilines is 1. The predicted molar refractivity (Wildman–Crippen MR) is 96.5 cm³/mol. The Bertz CT molecular complexity index is 1010. The largest absolute Gasteiger partial charge is 0.306 e. The topological polar surface area (TPSA) is 46.9 Å². The van der Waals surface area contributed by atoms with E-state index in [1.807, 2.05) is 20.8 Å². The van der Waals surface area contributed by atoms with E-state index in [1.54, 1.807) is 12.1 Å². The van der Waals surface area contributed by atoms with Gasteiger partial charge in [-0.1, -0.05) is 26.8 Å². The average molecular weight is 373 g/mol. The van der Waals surface area contributed by atoms with Crippen molar-refractivity contribution in [1.29, 1.82) is 0 Å². The van der Waals surface area contributed by atoms with Crippen LogP contribution in [0.5, 0.6) is 0 Å². The molecule has 7 heteroatoms. The highest BCUT2D eigenvalue weighted by atomic mass is 19.2. The molecule has 0 aliphatic carbocycles. The lowest BCUT2D eigenvalue weighted by Crippen LogP contribution is -2.15. The second kappa shape index (κ2) is 6.90. The quantitative estimate of drug-likeness (QED) is 0.714. The summed E-state index contributed by atoms with van der Waals surface area (Å²) in [4.78, 5) is 12.5. The number of hydrogen-bond donors (Lipinski definition) is 1. The average Bonchev–Trinajstić information content (AvgIpc) is 3.01. The van der Waals surface area contributed by atoms with Gasteiger partial charge >= 0.3 is 0 Å². The lowest BCUT2D eigenvalue weighted by Gasteiger charge is -2.14. The van der Waals surface area contributed by atoms with Crippen LogP contribution >= 0.6 is 0 Å². The SMILES string of the molecule is CC(C)(C)c1cc(NC(=O)c2ccc(F)c(F)c2)n(-c2cccc(F)c2)n1. The Hall–Kier alpha value is -3.09. The van der Waals surface area contributed by atoms with Gasteiger partial charge < -0.3 is 5.32 Å². The number of carbonyl (C=O) groups is 1. The molecule has 1 amide bonds. The van der Waals surface area contributed by atoms with Crippen LogP contribution in [-0.4, -0.2) is 15.7 Å². The molecule has 3 rings (SSSR count). The molecule has 4 nitrogen and oxygen atoms in total. The smallest absolute Gasteiger partial charge is 0.256 e. The second-order valence-corrected chi connectivity index (χ2v) is 7.14. The molecule has 0 saturated carbocycles. The summed E-state index contributed by atoms with van der Waals surface area (Å²) in [6, 6.07) is 10.3. The molecule has 0 saturated heterocycles. The Morgan fingerprint density at radius 2 is 1.74 bits per heavy atom. The highest BCUT2D eigenvalue weighted by Gasteiger charge is 2.22. The molecular weight excluding hydrogens is 355 g/mol. The Morgan fingerprint density at radius 3 is 2.37 bits per heavy atom. The van der Waals surface area contributed by atoms with Gasteiger partial charge in [0.1, 0.15) is 11.6 Å². The Kier molecular flexibility index (Phi) is 4.78. The number of amides is 1. The molecule has 0 radical (unpaired) electrons. The molecule has 140 valence electrons. The van der Waals surface area contributed by atoms with E-state index >= 15 is 0 Å². The maximum atomic E-state index is 13.6. The van der Waals surface area contributed by atoms with Crippen LogP contribution in [0.1, 0.15) is 36.8 Å². The lowest BCUT2D eigenvalue weighted by molar-refractivity contribution is 0.102. The van der Waals surface area contributed by atoms with Gasteiger partial charge in [0, 0.05) is 17.0 Å². The fourth-order valence-electron chi connectivity index (χ4n) is 2.47. The minimum Gasteiger partial charge on any atom is -0.306 e. The number of benzene rings is 2. The molecule has 0 spiro atoms. The van der Waals surface area contributed by atoms with Gasteiger partial charge in [-0.15, -0.1) is 0 Å². The zero-order valence-corrected chi connectivity index (χ0v) is 15.1. The minimum atomic E-state index is -1.11. The standard InChI is InChI=1S/C20H18F3N3O/c1-20(2,3)17-11-18(26(25-17)14-6-4-5-13(21)10-14)24-19(27)12-7-8-15(22)16(23)9-12/h4-11H,1-3H3,(H,24,27). The second-order valence-electron chi connectivity index (χ2n) is 7.14. The number of carbonyl (C=O) groups excluding carboxylic acids is 1. The molecule has 0 bridgehead atoms. The van der Waals surface area contributed by atoms with Crippen LogP contribution in [0, 0.1) is 17.5 Å². The first-order valence-corrected chi connectivity index (χ1v) is 8.28. The monoisotopic (exact) mass is 373 g/mol. The van der Waals surface area contributed by atoms with Gasteiger partial charge in [0.2, 0.25) is 0 Å². The van der Waals surface area contributed by atoms with Crippen molar-refractivity contribution in [2.45, 2.75) is 26.2 Å². The van der Waals surface area contributed by atoms with Crippen molar-refractivity contribution in [3.05, 3.63) is 77.2 Å². The first kappa shape index (κ1) is 18.7. The number of nitrogens with zero attached hydrogens (tertiary/aromatic N) is 2. The van der Waals surface area contributed by atoms with Gasteiger partial charge in [-0.2, -0.15) is 5.10 Å². The van der Waals surface area contributed by atoms with Gasteiger partial charge in [0.25, 0.3) is 5.91 Å². The van der Waals surface area contributed by atoms with Crippen LogP contribution in [-0.2, 0) is 5.41 Å². The summed E-state index contributed by atoms with van der Waals surface area (Å²) in [7, 11) is 0. The fourth-order valence-corrected chi connectivity index (χ4v) is 2.47. The molecule has 1 N–H and O–H groups in total. The number of aromatic nitrogens is 2. The molecular formula is C20H18F3N3O. The molecule has 1 aromatic heterocycles. The maximum Gasteiger partial charge on any atom is 0.256 e. The number of rotatable bonds is 3. The zero-order valence-electron chi connectivity index (χ0n) is 15.1. The molecule has 27 heavy (non-hydrogen) atoms. The third-order valence-corrected chi connectivity index (χ3v) is 3.95. The summed E-state index contributed by atoms with van der Waals surface area (Å²) in [5.41, 5.74) is 0.733. The summed E-state index contributed by atoms with van der Waals surface area (Å²) in [5, 5.41) is 7.11. The van der Waals surface area contributed by atoms with Crippen molar-refractivity contribution in [2.75, 3.05) is 5.32 Å². The van der Waals surface area contributed by atoms with Gasteiger partial charge in [0.15, 0.2) is 11.6 Å². The molecule has 0 unspecified atom stereocenters. The highest BCUT2D eigenvalue weighted by molar-refractivity contribution is 6.04. The first-order valence-electron chi connectivity index (χ1n) is 8.28. The van der Waals surface area contributed by atoms with Gasteiger partial charge in [-0.25, -0.2) is 17.9 Å². The van der Waals surface area contributed by atoms with E-state index in [9.17, 15) is 18.0 Å². The van der Waals surface area contributed by atoms with Crippen molar-refractivity contribution in [2.24, 2.45) is 0 Å². The molecule has 2 aromatic carbocycles. The van der Waals surface area contributed by atoms with Crippen LogP contribution in [0.25, 0.3) is 5.69 Å². The van der Waals surface area contributed by atoms with Crippen LogP contribution in [0.4, 0.5) is 19.0 Å². The molecule has 3 aromatic rings. The van der Waals surface area contributed by atoms with E-state index in [4.69, 9.17) is 0 Å². The summed E-state index contributed by atoms with van der Waals surface area (Å²) in [5.74, 6) is -2.94. The summed E-state index contributed by atoms with van der Waals surface area (Å²) >= 11 is 0. The zero-order chi connectivity index (χ0) is 19.8. The summed E-state index contributed by atoms with van der Waals surface area (Å²) < 4.78 is 41.5. The first-order chi connectivity index (χ1) is 12.6. The van der Waals surface area contributed by atoms with Crippen LogP contribution in [0.15, 0.2) is 48.5 Å². The molecule has 0 fully saturated rings. The van der Waals surface area contributed by atoms with Crippen LogP contribution < -0.4 is 5.32 Å². The molecule has 0 atom stereocenters. The summed E-state index contributed by atoms with van der Waals surface area (Å²) in [6.45, 7) is 5.85. The third-order valence-electron chi connectivity index (χ3n) is 3.95. The number of nitrogens with one attached hydrogen (secondary N) is 1. The lowest BCUT2D eigenvalue weighted by atomic mass is 9.92. The maximum absolute atomic E-state index is 13.6. The minimum absolute atomic E-state index is 0.0433. The van der Waals surface area contributed by atoms with E-state index in [1.165, 1.54) is 28.9 Å². The highest BCUT2D eigenvalue weighted by Crippen LogP contribution is 2.27. The van der Waals surface area contributed by atoms with E-state index in [0.29, 0.717) is 17.2 Å². The van der Waals surface area contributed by atoms with Crippen molar-refractivity contribution in [3.8, 4) is 5.69 Å². The number of hydrogen-bond acceptors (Lipinski definition) is 2. The fraction of sp³-hybridized carbons (Fsp3) is 0.200. The third kappa shape index (κ3) is 4.02. The predicted octanol–water partition coefficient (Wildman–Crippen LogP) is 4.84.